The van der Waals surface area contributed by atoms with Gasteiger partial charge in [0.15, 0.2) is 0 Å². The molecule has 1 N–H and O–H groups in total. The van der Waals surface area contributed by atoms with E-state index < -0.39 is 0 Å². The zero-order valence-corrected chi connectivity index (χ0v) is 13.5. The van der Waals surface area contributed by atoms with Gasteiger partial charge in [0, 0.05) is 62.9 Å². The summed E-state index contributed by atoms with van der Waals surface area (Å²) in [5.74, 6) is 1.04. The van der Waals surface area contributed by atoms with Gasteiger partial charge in [0.2, 0.25) is 0 Å². The highest BCUT2D eigenvalue weighted by molar-refractivity contribution is 5.28. The molecule has 3 rings (SSSR count). The maximum Gasteiger partial charge on any atom is 0.130 e. The Bertz CT molecular complexity index is 484. The van der Waals surface area contributed by atoms with Crippen LogP contribution in [0.1, 0.15) is 29.7 Å². The standard InChI is InChI=1S/C16H27N5/c1-4-14-13-10-17-6-5-15(13)19-16(18-14)9-12-11-20(2)7-8-21(12)3/h12,17H,4-11H2,1-3H3. The second-order valence-corrected chi connectivity index (χ2v) is 6.39. The van der Waals surface area contributed by atoms with E-state index in [1.54, 1.807) is 0 Å². The molecule has 2 aliphatic rings. The van der Waals surface area contributed by atoms with Gasteiger partial charge in [-0.2, -0.15) is 0 Å². The van der Waals surface area contributed by atoms with E-state index in [1.165, 1.54) is 17.0 Å². The largest absolute Gasteiger partial charge is 0.312 e. The van der Waals surface area contributed by atoms with Gasteiger partial charge in [0.05, 0.1) is 5.69 Å². The summed E-state index contributed by atoms with van der Waals surface area (Å²) in [7, 11) is 4.43. The number of likely N-dealkylation sites (N-methyl/N-ethyl adjacent to an activating group) is 2. The van der Waals surface area contributed by atoms with Crippen molar-refractivity contribution < 1.29 is 0 Å². The molecule has 1 saturated heterocycles. The Morgan fingerprint density at radius 1 is 1.24 bits per heavy atom. The minimum absolute atomic E-state index is 0.535. The van der Waals surface area contributed by atoms with Crippen molar-refractivity contribution in [3.8, 4) is 0 Å². The van der Waals surface area contributed by atoms with Crippen LogP contribution in [0.3, 0.4) is 0 Å². The lowest BCUT2D eigenvalue weighted by Crippen LogP contribution is -2.51. The fourth-order valence-electron chi connectivity index (χ4n) is 3.39. The third-order valence-electron chi connectivity index (χ3n) is 4.80. The van der Waals surface area contributed by atoms with Gasteiger partial charge in [-0.15, -0.1) is 0 Å². The number of fused-ring (bicyclic) bond motifs is 1. The van der Waals surface area contributed by atoms with Crippen molar-refractivity contribution in [2.75, 3.05) is 40.3 Å². The predicted molar refractivity (Wildman–Crippen MR) is 84.4 cm³/mol. The summed E-state index contributed by atoms with van der Waals surface area (Å²) < 4.78 is 0. The van der Waals surface area contributed by atoms with Crippen molar-refractivity contribution in [1.29, 1.82) is 0 Å². The topological polar surface area (TPSA) is 44.3 Å². The van der Waals surface area contributed by atoms with Crippen LogP contribution in [0, 0.1) is 0 Å². The highest BCUT2D eigenvalue weighted by Crippen LogP contribution is 2.18. The van der Waals surface area contributed by atoms with Gasteiger partial charge in [-0.05, 0) is 20.5 Å². The first-order chi connectivity index (χ1) is 10.2. The minimum Gasteiger partial charge on any atom is -0.312 e. The Hall–Kier alpha value is -1.04. The molecular weight excluding hydrogens is 262 g/mol. The highest BCUT2D eigenvalue weighted by atomic mass is 15.3. The highest BCUT2D eigenvalue weighted by Gasteiger charge is 2.24. The Morgan fingerprint density at radius 3 is 2.90 bits per heavy atom. The molecule has 0 radical (unpaired) electrons. The molecule has 0 amide bonds. The van der Waals surface area contributed by atoms with Crippen molar-refractivity contribution >= 4 is 0 Å². The van der Waals surface area contributed by atoms with Gasteiger partial charge >= 0.3 is 0 Å². The van der Waals surface area contributed by atoms with Crippen LogP contribution in [0.4, 0.5) is 0 Å². The zero-order valence-electron chi connectivity index (χ0n) is 13.5. The van der Waals surface area contributed by atoms with Gasteiger partial charge in [0.1, 0.15) is 5.82 Å². The number of nitrogens with zero attached hydrogens (tertiary/aromatic N) is 4. The summed E-state index contributed by atoms with van der Waals surface area (Å²) in [5, 5.41) is 3.43. The molecule has 5 heteroatoms. The normalized spacial score (nSPS) is 24.0. The van der Waals surface area contributed by atoms with Crippen molar-refractivity contribution in [3.63, 3.8) is 0 Å². The zero-order chi connectivity index (χ0) is 14.8. The molecule has 0 bridgehead atoms. The molecule has 1 atom stereocenters. The Balaban J connectivity index is 1.81. The Kier molecular flexibility index (Phi) is 4.52. The summed E-state index contributed by atoms with van der Waals surface area (Å²) in [6.07, 6.45) is 3.01. The van der Waals surface area contributed by atoms with Crippen LogP contribution in [0.25, 0.3) is 0 Å². The summed E-state index contributed by atoms with van der Waals surface area (Å²) in [6.45, 7) is 7.57. The van der Waals surface area contributed by atoms with Gasteiger partial charge in [-0.3, -0.25) is 0 Å². The number of aromatic nitrogens is 2. The second-order valence-electron chi connectivity index (χ2n) is 6.39. The molecule has 0 aromatic carbocycles. The first-order valence-electron chi connectivity index (χ1n) is 8.14. The van der Waals surface area contributed by atoms with Crippen LogP contribution in [0.15, 0.2) is 0 Å². The van der Waals surface area contributed by atoms with Crippen LogP contribution in [0.5, 0.6) is 0 Å². The van der Waals surface area contributed by atoms with Gasteiger partial charge in [0.25, 0.3) is 0 Å². The van der Waals surface area contributed by atoms with Gasteiger partial charge in [-0.25, -0.2) is 9.97 Å². The third-order valence-corrected chi connectivity index (χ3v) is 4.80. The molecule has 3 heterocycles. The van der Waals surface area contributed by atoms with Crippen molar-refractivity contribution in [3.05, 3.63) is 22.8 Å². The molecule has 21 heavy (non-hydrogen) atoms. The summed E-state index contributed by atoms with van der Waals surface area (Å²) in [5.41, 5.74) is 3.87. The molecule has 1 unspecified atom stereocenters. The van der Waals surface area contributed by atoms with Crippen LogP contribution in [0.2, 0.25) is 0 Å². The van der Waals surface area contributed by atoms with E-state index in [0.717, 1.165) is 57.8 Å². The molecule has 5 nitrogen and oxygen atoms in total. The van der Waals surface area contributed by atoms with Crippen LogP contribution in [-0.4, -0.2) is 66.1 Å². The van der Waals surface area contributed by atoms with Crippen molar-refractivity contribution in [2.24, 2.45) is 0 Å². The number of hydrogen-bond donors (Lipinski definition) is 1. The Morgan fingerprint density at radius 2 is 2.10 bits per heavy atom. The maximum absolute atomic E-state index is 4.88. The van der Waals surface area contributed by atoms with Crippen LogP contribution < -0.4 is 5.32 Å². The number of aryl methyl sites for hydroxylation is 1. The number of rotatable bonds is 3. The van der Waals surface area contributed by atoms with Crippen molar-refractivity contribution in [2.45, 2.75) is 38.8 Å². The van der Waals surface area contributed by atoms with E-state index in [0.29, 0.717) is 6.04 Å². The summed E-state index contributed by atoms with van der Waals surface area (Å²) >= 11 is 0. The monoisotopic (exact) mass is 289 g/mol. The molecule has 2 aliphatic heterocycles. The molecule has 0 aliphatic carbocycles. The lowest BCUT2D eigenvalue weighted by Gasteiger charge is -2.37. The maximum atomic E-state index is 4.88. The Labute approximate surface area is 127 Å². The SMILES string of the molecule is CCc1nc(CC2CN(C)CCN2C)nc2c1CNCC2. The van der Waals surface area contributed by atoms with E-state index in [4.69, 9.17) is 9.97 Å². The van der Waals surface area contributed by atoms with E-state index in [2.05, 4.69) is 36.1 Å². The average molecular weight is 289 g/mol. The lowest BCUT2D eigenvalue weighted by molar-refractivity contribution is 0.113. The summed E-state index contributed by atoms with van der Waals surface area (Å²) in [4.78, 5) is 14.6. The fraction of sp³-hybridized carbons (Fsp3) is 0.750. The van der Waals surface area contributed by atoms with Gasteiger partial charge in [-0.1, -0.05) is 6.92 Å². The third kappa shape index (κ3) is 3.25. The molecule has 1 aromatic rings. The quantitative estimate of drug-likeness (QED) is 0.876. The van der Waals surface area contributed by atoms with E-state index in [1.807, 2.05) is 0 Å². The molecule has 1 aromatic heterocycles. The van der Waals surface area contributed by atoms with Gasteiger partial charge < -0.3 is 15.1 Å². The van der Waals surface area contributed by atoms with Crippen LogP contribution >= 0.6 is 0 Å². The number of hydrogen-bond acceptors (Lipinski definition) is 5. The molecular formula is C16H27N5. The molecule has 1 fully saturated rings. The fourth-order valence-corrected chi connectivity index (χ4v) is 3.39. The number of piperazine rings is 1. The second kappa shape index (κ2) is 6.38. The van der Waals surface area contributed by atoms with Crippen molar-refractivity contribution in [1.82, 2.24) is 25.1 Å². The van der Waals surface area contributed by atoms with E-state index >= 15 is 0 Å². The van der Waals surface area contributed by atoms with Crippen LogP contribution in [-0.2, 0) is 25.8 Å². The molecule has 0 saturated carbocycles. The first kappa shape index (κ1) is 14.9. The predicted octanol–water partition coefficient (Wildman–Crippen LogP) is 0.473. The van der Waals surface area contributed by atoms with E-state index in [9.17, 15) is 0 Å². The lowest BCUT2D eigenvalue weighted by atomic mass is 10.0. The smallest absolute Gasteiger partial charge is 0.130 e. The molecule has 116 valence electrons. The average Bonchev–Trinajstić information content (AvgIpc) is 2.50. The molecule has 0 spiro atoms. The first-order valence-corrected chi connectivity index (χ1v) is 8.14. The van der Waals surface area contributed by atoms with E-state index in [-0.39, 0.29) is 0 Å². The minimum atomic E-state index is 0.535. The number of nitrogens with one attached hydrogen (secondary N) is 1. The summed E-state index contributed by atoms with van der Waals surface area (Å²) in [6, 6.07) is 0.535.